The summed E-state index contributed by atoms with van der Waals surface area (Å²) in [4.78, 5) is 25.6. The van der Waals surface area contributed by atoms with Crippen LogP contribution in [-0.2, 0) is 9.53 Å². The number of carbonyl (C=O) groups is 2. The molecule has 142 valence electrons. The second-order valence-electron chi connectivity index (χ2n) is 6.15. The Hall–Kier alpha value is -2.38. The number of aromatic nitrogens is 2. The number of ether oxygens (including phenoxy) is 1. The topological polar surface area (TPSA) is 73.2 Å². The van der Waals surface area contributed by atoms with Gasteiger partial charge in [-0.3, -0.25) is 4.79 Å². The van der Waals surface area contributed by atoms with Crippen LogP contribution in [0.25, 0.3) is 15.9 Å². The molecule has 0 saturated carbocycles. The van der Waals surface area contributed by atoms with Crippen LogP contribution >= 0.6 is 22.9 Å². The van der Waals surface area contributed by atoms with Gasteiger partial charge in [0, 0.05) is 17.0 Å². The third-order valence-corrected chi connectivity index (χ3v) is 5.33. The van der Waals surface area contributed by atoms with Gasteiger partial charge in [0.25, 0.3) is 5.91 Å². The van der Waals surface area contributed by atoms with Crippen LogP contribution in [0.1, 0.15) is 35.6 Å². The van der Waals surface area contributed by atoms with Crippen molar-refractivity contribution < 1.29 is 14.3 Å². The third-order valence-electron chi connectivity index (χ3n) is 4.00. The second-order valence-corrected chi connectivity index (χ2v) is 7.61. The molecule has 1 atom stereocenters. The number of esters is 1. The molecule has 27 heavy (non-hydrogen) atoms. The highest BCUT2D eigenvalue weighted by Crippen LogP contribution is 2.31. The van der Waals surface area contributed by atoms with E-state index in [-0.39, 0.29) is 5.91 Å². The van der Waals surface area contributed by atoms with Crippen molar-refractivity contribution in [1.29, 1.82) is 0 Å². The molecule has 2 heterocycles. The van der Waals surface area contributed by atoms with Crippen molar-refractivity contribution in [3.8, 4) is 5.69 Å². The lowest BCUT2D eigenvalue weighted by molar-refractivity contribution is -0.129. The summed E-state index contributed by atoms with van der Waals surface area (Å²) in [5.74, 6) is -0.819. The maximum atomic E-state index is 12.5. The van der Waals surface area contributed by atoms with Crippen molar-refractivity contribution in [2.75, 3.05) is 6.54 Å². The molecule has 6 nitrogen and oxygen atoms in total. The van der Waals surface area contributed by atoms with Gasteiger partial charge < -0.3 is 10.1 Å². The highest BCUT2D eigenvalue weighted by molar-refractivity contribution is 7.20. The quantitative estimate of drug-likeness (QED) is 0.626. The van der Waals surface area contributed by atoms with Gasteiger partial charge in [0.1, 0.15) is 9.71 Å². The van der Waals surface area contributed by atoms with Gasteiger partial charge in [-0.05, 0) is 44.5 Å². The van der Waals surface area contributed by atoms with Gasteiger partial charge in [0.2, 0.25) is 0 Å². The van der Waals surface area contributed by atoms with Crippen molar-refractivity contribution in [3.63, 3.8) is 0 Å². The fraction of sp³-hybridized carbons (Fsp3) is 0.316. The number of aryl methyl sites for hydroxylation is 1. The summed E-state index contributed by atoms with van der Waals surface area (Å²) in [6, 6.07) is 9.10. The van der Waals surface area contributed by atoms with Crippen molar-refractivity contribution in [1.82, 2.24) is 15.1 Å². The van der Waals surface area contributed by atoms with Crippen LogP contribution in [0.3, 0.4) is 0 Å². The molecule has 3 aromatic rings. The van der Waals surface area contributed by atoms with E-state index < -0.39 is 12.1 Å². The molecule has 0 bridgehead atoms. The Morgan fingerprint density at radius 3 is 2.85 bits per heavy atom. The first-order valence-corrected chi connectivity index (χ1v) is 9.84. The zero-order valence-corrected chi connectivity index (χ0v) is 16.9. The first-order valence-electron chi connectivity index (χ1n) is 8.64. The molecule has 0 aliphatic heterocycles. The lowest BCUT2D eigenvalue weighted by Gasteiger charge is -2.12. The van der Waals surface area contributed by atoms with Crippen LogP contribution in [0.4, 0.5) is 0 Å². The van der Waals surface area contributed by atoms with Crippen molar-refractivity contribution in [2.45, 2.75) is 33.3 Å². The lowest BCUT2D eigenvalue weighted by Crippen LogP contribution is -2.36. The number of fused-ring (bicyclic) bond motifs is 1. The summed E-state index contributed by atoms with van der Waals surface area (Å²) >= 11 is 7.36. The molecule has 1 N–H and O–H groups in total. The molecule has 0 aliphatic carbocycles. The summed E-state index contributed by atoms with van der Waals surface area (Å²) in [6.45, 7) is 5.96. The Morgan fingerprint density at radius 2 is 2.15 bits per heavy atom. The highest BCUT2D eigenvalue weighted by Gasteiger charge is 2.22. The van der Waals surface area contributed by atoms with E-state index in [9.17, 15) is 9.59 Å². The van der Waals surface area contributed by atoms with Crippen molar-refractivity contribution in [3.05, 3.63) is 45.9 Å². The number of nitrogens with zero attached hydrogens (tertiary/aromatic N) is 2. The highest BCUT2D eigenvalue weighted by atomic mass is 35.5. The maximum Gasteiger partial charge on any atom is 0.349 e. The van der Waals surface area contributed by atoms with Gasteiger partial charge in [-0.15, -0.1) is 11.3 Å². The predicted molar refractivity (Wildman–Crippen MR) is 107 cm³/mol. The average Bonchev–Trinajstić information content (AvgIpc) is 3.20. The summed E-state index contributed by atoms with van der Waals surface area (Å²) in [5.41, 5.74) is 1.61. The minimum Gasteiger partial charge on any atom is -0.448 e. The van der Waals surface area contributed by atoms with Crippen LogP contribution in [0.5, 0.6) is 0 Å². The van der Waals surface area contributed by atoms with Gasteiger partial charge in [0.15, 0.2) is 6.10 Å². The van der Waals surface area contributed by atoms with E-state index in [1.807, 2.05) is 32.0 Å². The number of nitrogens with one attached hydrogen (secondary N) is 1. The molecule has 1 aromatic carbocycles. The Morgan fingerprint density at radius 1 is 1.37 bits per heavy atom. The maximum absolute atomic E-state index is 12.5. The summed E-state index contributed by atoms with van der Waals surface area (Å²) in [6.07, 6.45) is -0.0260. The number of benzene rings is 1. The number of rotatable bonds is 6. The average molecular weight is 406 g/mol. The second kappa shape index (κ2) is 8.10. The summed E-state index contributed by atoms with van der Waals surface area (Å²) < 4.78 is 7.07. The molecular weight excluding hydrogens is 386 g/mol. The number of amides is 1. The van der Waals surface area contributed by atoms with E-state index >= 15 is 0 Å². The van der Waals surface area contributed by atoms with Gasteiger partial charge in [-0.25, -0.2) is 9.48 Å². The zero-order chi connectivity index (χ0) is 19.6. The first-order chi connectivity index (χ1) is 12.9. The van der Waals surface area contributed by atoms with Crippen LogP contribution in [0, 0.1) is 6.92 Å². The number of hydrogen-bond donors (Lipinski definition) is 1. The minimum atomic E-state index is -0.847. The Labute approximate surface area is 166 Å². The number of thiophene rings is 1. The molecule has 1 unspecified atom stereocenters. The molecule has 8 heteroatoms. The van der Waals surface area contributed by atoms with Gasteiger partial charge >= 0.3 is 5.97 Å². The van der Waals surface area contributed by atoms with E-state index in [0.29, 0.717) is 16.4 Å². The largest absolute Gasteiger partial charge is 0.448 e. The molecule has 0 radical (unpaired) electrons. The number of carbonyl (C=O) groups excluding carboxylic acids is 2. The van der Waals surface area contributed by atoms with Crippen molar-refractivity contribution in [2.24, 2.45) is 0 Å². The summed E-state index contributed by atoms with van der Waals surface area (Å²) in [7, 11) is 0. The van der Waals surface area contributed by atoms with E-state index in [2.05, 4.69) is 10.4 Å². The third kappa shape index (κ3) is 4.14. The molecule has 3 rings (SSSR count). The lowest BCUT2D eigenvalue weighted by atomic mass is 10.3. The Kier molecular flexibility index (Phi) is 5.82. The first kappa shape index (κ1) is 19.4. The predicted octanol–water partition coefficient (Wildman–Crippen LogP) is 4.12. The molecular formula is C19H20ClN3O3S. The van der Waals surface area contributed by atoms with Crippen LogP contribution in [0.2, 0.25) is 5.02 Å². The number of hydrogen-bond acceptors (Lipinski definition) is 5. The molecule has 0 saturated heterocycles. The Balaban J connectivity index is 1.85. The van der Waals surface area contributed by atoms with Gasteiger partial charge in [-0.1, -0.05) is 24.6 Å². The standard InChI is InChI=1S/C19H20ClN3O3S/c1-4-8-21-17(24)12(3)26-19(25)16-10-15-11(2)22-23(18(15)27-16)14-7-5-6-13(20)9-14/h5-7,9-10,12H,4,8H2,1-3H3,(H,21,24). The molecule has 0 spiro atoms. The normalized spacial score (nSPS) is 12.1. The van der Waals surface area contributed by atoms with Crippen LogP contribution in [0.15, 0.2) is 30.3 Å². The fourth-order valence-corrected chi connectivity index (χ4v) is 3.85. The van der Waals surface area contributed by atoms with Gasteiger partial charge in [0.05, 0.1) is 11.4 Å². The minimum absolute atomic E-state index is 0.299. The molecule has 0 fully saturated rings. The zero-order valence-electron chi connectivity index (χ0n) is 15.3. The molecule has 2 aromatic heterocycles. The summed E-state index contributed by atoms with van der Waals surface area (Å²) in [5, 5.41) is 8.73. The van der Waals surface area contributed by atoms with E-state index in [0.717, 1.165) is 28.0 Å². The van der Waals surface area contributed by atoms with Gasteiger partial charge in [-0.2, -0.15) is 5.10 Å². The van der Waals surface area contributed by atoms with Crippen LogP contribution < -0.4 is 5.32 Å². The van der Waals surface area contributed by atoms with E-state index in [1.54, 1.807) is 23.7 Å². The Bertz CT molecular complexity index is 995. The van der Waals surface area contributed by atoms with Crippen LogP contribution in [-0.4, -0.2) is 34.3 Å². The molecule has 1 amide bonds. The fourth-order valence-electron chi connectivity index (χ4n) is 2.59. The smallest absolute Gasteiger partial charge is 0.349 e. The van der Waals surface area contributed by atoms with E-state index in [4.69, 9.17) is 16.3 Å². The monoisotopic (exact) mass is 405 g/mol. The SMILES string of the molecule is CCCNC(=O)C(C)OC(=O)c1cc2c(C)nn(-c3cccc(Cl)c3)c2s1. The van der Waals surface area contributed by atoms with Crippen molar-refractivity contribution >= 4 is 45.0 Å². The van der Waals surface area contributed by atoms with E-state index in [1.165, 1.54) is 11.3 Å². The number of halogens is 1. The molecule has 0 aliphatic rings.